The second kappa shape index (κ2) is 7.16. The fraction of sp³-hybridized carbons (Fsp3) is 0.579. The van der Waals surface area contributed by atoms with Crippen LogP contribution in [0.5, 0.6) is 0 Å². The molecule has 1 aromatic rings. The number of hydrogen-bond donors (Lipinski definition) is 1. The predicted octanol–water partition coefficient (Wildman–Crippen LogP) is 2.97. The molecule has 0 aliphatic carbocycles. The number of benzene rings is 1. The summed E-state index contributed by atoms with van der Waals surface area (Å²) in [6.45, 7) is 10.4. The first kappa shape index (κ1) is 17.5. The zero-order chi connectivity index (χ0) is 17.0. The first-order valence-corrected chi connectivity index (χ1v) is 8.50. The van der Waals surface area contributed by atoms with Gasteiger partial charge in [0, 0.05) is 31.1 Å². The van der Waals surface area contributed by atoms with Crippen LogP contribution < -0.4 is 5.32 Å². The van der Waals surface area contributed by atoms with E-state index in [0.717, 1.165) is 18.4 Å². The van der Waals surface area contributed by atoms with Crippen LogP contribution in [0.4, 0.5) is 0 Å². The fourth-order valence-electron chi connectivity index (χ4n) is 2.96. The maximum Gasteiger partial charge on any atom is 0.253 e. The first-order valence-electron chi connectivity index (χ1n) is 8.50. The maximum absolute atomic E-state index is 12.6. The van der Waals surface area contributed by atoms with Crippen LogP contribution in [0.3, 0.4) is 0 Å². The number of carbonyl (C=O) groups excluding carboxylic acids is 2. The quantitative estimate of drug-likeness (QED) is 0.932. The molecule has 1 saturated heterocycles. The summed E-state index contributed by atoms with van der Waals surface area (Å²) in [4.78, 5) is 26.3. The summed E-state index contributed by atoms with van der Waals surface area (Å²) in [5, 5.41) is 2.87. The van der Waals surface area contributed by atoms with E-state index < -0.39 is 0 Å². The van der Waals surface area contributed by atoms with Gasteiger partial charge in [-0.2, -0.15) is 0 Å². The van der Waals surface area contributed by atoms with E-state index in [1.54, 1.807) is 0 Å². The van der Waals surface area contributed by atoms with Gasteiger partial charge in [-0.3, -0.25) is 9.59 Å². The molecule has 0 radical (unpaired) electrons. The van der Waals surface area contributed by atoms with E-state index in [-0.39, 0.29) is 23.1 Å². The Morgan fingerprint density at radius 3 is 2.17 bits per heavy atom. The molecular weight excluding hydrogens is 288 g/mol. The van der Waals surface area contributed by atoms with E-state index in [0.29, 0.717) is 19.6 Å². The van der Waals surface area contributed by atoms with Gasteiger partial charge in [-0.05, 0) is 42.9 Å². The Hall–Kier alpha value is -1.84. The van der Waals surface area contributed by atoms with Crippen molar-refractivity contribution in [2.45, 2.75) is 46.0 Å². The minimum atomic E-state index is 0.0438. The molecule has 4 nitrogen and oxygen atoms in total. The third kappa shape index (κ3) is 4.34. The highest BCUT2D eigenvalue weighted by Crippen LogP contribution is 2.23. The number of likely N-dealkylation sites (tertiary alicyclic amines) is 1. The van der Waals surface area contributed by atoms with E-state index in [2.05, 4.69) is 26.1 Å². The average Bonchev–Trinajstić information content (AvgIpc) is 2.54. The summed E-state index contributed by atoms with van der Waals surface area (Å²) in [5.41, 5.74) is 2.05. The zero-order valence-corrected chi connectivity index (χ0v) is 14.7. The van der Waals surface area contributed by atoms with E-state index >= 15 is 0 Å². The number of carbonyl (C=O) groups is 2. The average molecular weight is 316 g/mol. The summed E-state index contributed by atoms with van der Waals surface area (Å²) < 4.78 is 0. The van der Waals surface area contributed by atoms with E-state index in [4.69, 9.17) is 0 Å². The molecule has 4 heteroatoms. The van der Waals surface area contributed by atoms with Crippen molar-refractivity contribution in [3.05, 3.63) is 35.4 Å². The van der Waals surface area contributed by atoms with Gasteiger partial charge in [0.25, 0.3) is 5.91 Å². The summed E-state index contributed by atoms with van der Waals surface area (Å²) in [7, 11) is 0. The maximum atomic E-state index is 12.6. The molecule has 0 bridgehead atoms. The normalized spacial score (nSPS) is 16.3. The van der Waals surface area contributed by atoms with Crippen LogP contribution in [0.25, 0.3) is 0 Å². The molecule has 2 amide bonds. The Bertz CT molecular complexity index is 550. The van der Waals surface area contributed by atoms with Gasteiger partial charge in [-0.25, -0.2) is 0 Å². The molecule has 1 N–H and O–H groups in total. The van der Waals surface area contributed by atoms with Crippen LogP contribution >= 0.6 is 0 Å². The third-order valence-corrected chi connectivity index (χ3v) is 4.50. The molecule has 2 rings (SSSR count). The van der Waals surface area contributed by atoms with Crippen LogP contribution in [0.2, 0.25) is 0 Å². The summed E-state index contributed by atoms with van der Waals surface area (Å²) in [5.74, 6) is 0.233. The fourth-order valence-corrected chi connectivity index (χ4v) is 2.96. The van der Waals surface area contributed by atoms with Gasteiger partial charge >= 0.3 is 0 Å². The summed E-state index contributed by atoms with van der Waals surface area (Å²) in [6.07, 6.45) is 1.50. The standard InChI is InChI=1S/C19H28N2O2/c1-5-20-17(22)14-10-12-21(13-11-14)18(23)15-6-8-16(9-7-15)19(2,3)4/h6-9,14H,5,10-13H2,1-4H3,(H,20,22). The smallest absolute Gasteiger partial charge is 0.253 e. The van der Waals surface area contributed by atoms with Crippen molar-refractivity contribution in [2.24, 2.45) is 5.92 Å². The largest absolute Gasteiger partial charge is 0.356 e. The lowest BCUT2D eigenvalue weighted by Crippen LogP contribution is -2.43. The summed E-state index contributed by atoms with van der Waals surface area (Å²) in [6, 6.07) is 7.90. The number of hydrogen-bond acceptors (Lipinski definition) is 2. The number of nitrogens with zero attached hydrogens (tertiary/aromatic N) is 1. The van der Waals surface area contributed by atoms with Crippen molar-refractivity contribution in [2.75, 3.05) is 19.6 Å². The van der Waals surface area contributed by atoms with Crippen LogP contribution in [0.1, 0.15) is 56.5 Å². The second-order valence-electron chi connectivity index (χ2n) is 7.29. The van der Waals surface area contributed by atoms with Crippen molar-refractivity contribution >= 4 is 11.8 Å². The topological polar surface area (TPSA) is 49.4 Å². The van der Waals surface area contributed by atoms with Gasteiger partial charge in [0.1, 0.15) is 0 Å². The molecule has 1 heterocycles. The molecule has 126 valence electrons. The van der Waals surface area contributed by atoms with Crippen LogP contribution in [0, 0.1) is 5.92 Å². The number of nitrogens with one attached hydrogen (secondary N) is 1. The Labute approximate surface area is 139 Å². The number of piperidine rings is 1. The highest BCUT2D eigenvalue weighted by molar-refractivity contribution is 5.94. The van der Waals surface area contributed by atoms with Crippen molar-refractivity contribution in [3.8, 4) is 0 Å². The van der Waals surface area contributed by atoms with Crippen molar-refractivity contribution in [3.63, 3.8) is 0 Å². The van der Waals surface area contributed by atoms with Crippen LogP contribution in [-0.2, 0) is 10.2 Å². The van der Waals surface area contributed by atoms with Crippen LogP contribution in [0.15, 0.2) is 24.3 Å². The lowest BCUT2D eigenvalue weighted by molar-refractivity contribution is -0.126. The Morgan fingerprint density at radius 1 is 1.13 bits per heavy atom. The second-order valence-corrected chi connectivity index (χ2v) is 7.29. The van der Waals surface area contributed by atoms with Crippen molar-refractivity contribution in [1.82, 2.24) is 10.2 Å². The van der Waals surface area contributed by atoms with Crippen molar-refractivity contribution in [1.29, 1.82) is 0 Å². The lowest BCUT2D eigenvalue weighted by Gasteiger charge is -2.31. The minimum absolute atomic E-state index is 0.0438. The highest BCUT2D eigenvalue weighted by Gasteiger charge is 2.27. The molecule has 23 heavy (non-hydrogen) atoms. The predicted molar refractivity (Wildman–Crippen MR) is 92.5 cm³/mol. The minimum Gasteiger partial charge on any atom is -0.356 e. The van der Waals surface area contributed by atoms with E-state index in [1.807, 2.05) is 36.1 Å². The Kier molecular flexibility index (Phi) is 5.45. The number of amides is 2. The SMILES string of the molecule is CCNC(=O)C1CCN(C(=O)c2ccc(C(C)(C)C)cc2)CC1. The molecule has 0 aromatic heterocycles. The summed E-state index contributed by atoms with van der Waals surface area (Å²) >= 11 is 0. The van der Waals surface area contributed by atoms with E-state index in [9.17, 15) is 9.59 Å². The highest BCUT2D eigenvalue weighted by atomic mass is 16.2. The van der Waals surface area contributed by atoms with Gasteiger partial charge in [0.05, 0.1) is 0 Å². The Morgan fingerprint density at radius 2 is 1.70 bits per heavy atom. The molecule has 0 saturated carbocycles. The lowest BCUT2D eigenvalue weighted by atomic mass is 9.86. The first-order chi connectivity index (χ1) is 10.8. The van der Waals surface area contributed by atoms with Gasteiger partial charge in [0.15, 0.2) is 0 Å². The monoisotopic (exact) mass is 316 g/mol. The van der Waals surface area contributed by atoms with Gasteiger partial charge in [0.2, 0.25) is 5.91 Å². The van der Waals surface area contributed by atoms with Crippen LogP contribution in [-0.4, -0.2) is 36.3 Å². The molecule has 1 aliphatic rings. The van der Waals surface area contributed by atoms with E-state index in [1.165, 1.54) is 5.56 Å². The molecule has 1 aromatic carbocycles. The molecule has 0 unspecified atom stereocenters. The molecule has 1 fully saturated rings. The molecule has 0 atom stereocenters. The Balaban J connectivity index is 1.96. The number of rotatable bonds is 3. The van der Waals surface area contributed by atoms with Gasteiger partial charge in [-0.1, -0.05) is 32.9 Å². The van der Waals surface area contributed by atoms with Crippen molar-refractivity contribution < 1.29 is 9.59 Å². The van der Waals surface area contributed by atoms with Gasteiger partial charge < -0.3 is 10.2 Å². The molecular formula is C19H28N2O2. The molecule has 1 aliphatic heterocycles. The third-order valence-electron chi connectivity index (χ3n) is 4.50. The zero-order valence-electron chi connectivity index (χ0n) is 14.7. The molecule has 0 spiro atoms. The van der Waals surface area contributed by atoms with Gasteiger partial charge in [-0.15, -0.1) is 0 Å².